The van der Waals surface area contributed by atoms with Gasteiger partial charge in [0.2, 0.25) is 16.9 Å². The average molecular weight is 422 g/mol. The molecule has 0 aliphatic carbocycles. The second-order valence-electron chi connectivity index (χ2n) is 6.64. The van der Waals surface area contributed by atoms with Crippen LogP contribution >= 0.6 is 23.1 Å². The summed E-state index contributed by atoms with van der Waals surface area (Å²) in [5.74, 6) is 0.290. The molecule has 1 aromatic carbocycles. The van der Waals surface area contributed by atoms with E-state index in [-0.39, 0.29) is 17.6 Å². The van der Waals surface area contributed by atoms with Gasteiger partial charge in [-0.25, -0.2) is 0 Å². The number of benzene rings is 1. The van der Waals surface area contributed by atoms with Gasteiger partial charge in [0.1, 0.15) is 6.04 Å². The first-order valence-corrected chi connectivity index (χ1v) is 11.1. The number of nitrogens with one attached hydrogen (secondary N) is 3. The van der Waals surface area contributed by atoms with E-state index in [0.717, 1.165) is 12.1 Å². The van der Waals surface area contributed by atoms with Gasteiger partial charge < -0.3 is 16.0 Å². The molecule has 0 aliphatic heterocycles. The van der Waals surface area contributed by atoms with Gasteiger partial charge in [-0.15, -0.1) is 10.2 Å². The molecule has 3 N–H and O–H groups in total. The van der Waals surface area contributed by atoms with E-state index in [4.69, 9.17) is 0 Å². The molecule has 1 aromatic heterocycles. The summed E-state index contributed by atoms with van der Waals surface area (Å²) in [5.41, 5.74) is 2.23. The van der Waals surface area contributed by atoms with Crippen LogP contribution in [0.25, 0.3) is 0 Å². The van der Waals surface area contributed by atoms with Crippen LogP contribution in [0.5, 0.6) is 0 Å². The highest BCUT2D eigenvalue weighted by molar-refractivity contribution is 8.01. The van der Waals surface area contributed by atoms with Gasteiger partial charge in [0.25, 0.3) is 0 Å². The maximum absolute atomic E-state index is 12.0. The number of carbonyl (C=O) groups is 2. The zero-order valence-electron chi connectivity index (χ0n) is 16.6. The Bertz CT molecular complexity index is 777. The summed E-state index contributed by atoms with van der Waals surface area (Å²) < 4.78 is 0.694. The molecule has 152 valence electrons. The van der Waals surface area contributed by atoms with Gasteiger partial charge in [0.15, 0.2) is 4.34 Å². The third-order valence-electron chi connectivity index (χ3n) is 3.88. The van der Waals surface area contributed by atoms with E-state index in [9.17, 15) is 9.59 Å². The van der Waals surface area contributed by atoms with Gasteiger partial charge in [-0.05, 0) is 37.0 Å². The van der Waals surface area contributed by atoms with Crippen molar-refractivity contribution in [3.8, 4) is 0 Å². The standard InChI is InChI=1S/C19H27N5O2S2/c1-5-10-20-17(26)13(4)21-16(25)11-27-19-24-23-18(28-19)22-15-8-6-14(7-9-15)12(2)3/h6-9,12-13H,5,10-11H2,1-4H3,(H,20,26)(H,21,25)(H,22,23)/t13-/m0/s1. The van der Waals surface area contributed by atoms with Gasteiger partial charge in [-0.2, -0.15) is 0 Å². The predicted octanol–water partition coefficient (Wildman–Crippen LogP) is 3.53. The van der Waals surface area contributed by atoms with E-state index >= 15 is 0 Å². The minimum absolute atomic E-state index is 0.175. The maximum Gasteiger partial charge on any atom is 0.242 e. The Balaban J connectivity index is 1.79. The number of hydrogen-bond acceptors (Lipinski definition) is 7. The SMILES string of the molecule is CCCNC(=O)[C@H](C)NC(=O)CSc1nnc(Nc2ccc(C(C)C)cc2)s1. The summed E-state index contributed by atoms with van der Waals surface area (Å²) in [6.07, 6.45) is 0.859. The zero-order chi connectivity index (χ0) is 20.5. The van der Waals surface area contributed by atoms with Crippen LogP contribution in [0.4, 0.5) is 10.8 Å². The van der Waals surface area contributed by atoms with E-state index in [1.807, 2.05) is 19.1 Å². The van der Waals surface area contributed by atoms with Crippen molar-refractivity contribution in [1.82, 2.24) is 20.8 Å². The fourth-order valence-electron chi connectivity index (χ4n) is 2.27. The van der Waals surface area contributed by atoms with Crippen LogP contribution in [0.3, 0.4) is 0 Å². The van der Waals surface area contributed by atoms with Crippen molar-refractivity contribution in [3.63, 3.8) is 0 Å². The second kappa shape index (κ2) is 11.0. The fourth-order valence-corrected chi connectivity index (χ4v) is 3.85. The number of anilines is 2. The quantitative estimate of drug-likeness (QED) is 0.508. The molecule has 0 saturated carbocycles. The second-order valence-corrected chi connectivity index (χ2v) is 8.84. The molecule has 2 rings (SSSR count). The van der Waals surface area contributed by atoms with Crippen LogP contribution in [-0.4, -0.2) is 40.4 Å². The molecule has 0 unspecified atom stereocenters. The Morgan fingerprint density at radius 2 is 1.86 bits per heavy atom. The number of hydrogen-bond donors (Lipinski definition) is 3. The Morgan fingerprint density at radius 3 is 2.50 bits per heavy atom. The number of thioether (sulfide) groups is 1. The topological polar surface area (TPSA) is 96.0 Å². The number of rotatable bonds is 10. The van der Waals surface area contributed by atoms with Crippen LogP contribution in [0.2, 0.25) is 0 Å². The van der Waals surface area contributed by atoms with E-state index in [1.165, 1.54) is 28.7 Å². The Morgan fingerprint density at radius 1 is 1.14 bits per heavy atom. The summed E-state index contributed by atoms with van der Waals surface area (Å²) in [4.78, 5) is 23.8. The van der Waals surface area contributed by atoms with Crippen LogP contribution in [0.1, 0.15) is 45.6 Å². The summed E-state index contributed by atoms with van der Waals surface area (Å²) in [5, 5.41) is 17.5. The fraction of sp³-hybridized carbons (Fsp3) is 0.474. The minimum Gasteiger partial charge on any atom is -0.354 e. The first-order chi connectivity index (χ1) is 13.4. The van der Waals surface area contributed by atoms with Crippen LogP contribution < -0.4 is 16.0 Å². The lowest BCUT2D eigenvalue weighted by atomic mass is 10.0. The van der Waals surface area contributed by atoms with E-state index in [0.29, 0.717) is 21.9 Å². The molecule has 2 aromatic rings. The molecule has 0 spiro atoms. The molecule has 0 radical (unpaired) electrons. The number of carbonyl (C=O) groups excluding carboxylic acids is 2. The number of nitrogens with zero attached hydrogens (tertiary/aromatic N) is 2. The summed E-state index contributed by atoms with van der Waals surface area (Å²) >= 11 is 2.69. The van der Waals surface area contributed by atoms with Gasteiger partial charge in [-0.3, -0.25) is 9.59 Å². The molecular weight excluding hydrogens is 394 g/mol. The molecule has 1 atom stereocenters. The third kappa shape index (κ3) is 7.12. The number of amides is 2. The van der Waals surface area contributed by atoms with Crippen molar-refractivity contribution in [2.75, 3.05) is 17.6 Å². The lowest BCUT2D eigenvalue weighted by Gasteiger charge is -2.13. The monoisotopic (exact) mass is 421 g/mol. The Kier molecular flexibility index (Phi) is 8.72. The Labute approximate surface area is 174 Å². The highest BCUT2D eigenvalue weighted by Gasteiger charge is 2.15. The van der Waals surface area contributed by atoms with Crippen LogP contribution in [0.15, 0.2) is 28.6 Å². The molecule has 28 heavy (non-hydrogen) atoms. The third-order valence-corrected chi connectivity index (χ3v) is 5.85. The lowest BCUT2D eigenvalue weighted by molar-refractivity contribution is -0.127. The molecule has 0 fully saturated rings. The van der Waals surface area contributed by atoms with Gasteiger partial charge in [0, 0.05) is 12.2 Å². The first kappa shape index (κ1) is 22.2. The molecule has 0 saturated heterocycles. The van der Waals surface area contributed by atoms with E-state index < -0.39 is 6.04 Å². The largest absolute Gasteiger partial charge is 0.354 e. The highest BCUT2D eigenvalue weighted by atomic mass is 32.2. The zero-order valence-corrected chi connectivity index (χ0v) is 18.2. The van der Waals surface area contributed by atoms with Gasteiger partial charge in [0.05, 0.1) is 5.75 Å². The minimum atomic E-state index is -0.555. The van der Waals surface area contributed by atoms with Gasteiger partial charge in [-0.1, -0.05) is 56.0 Å². The van der Waals surface area contributed by atoms with Crippen LogP contribution in [-0.2, 0) is 9.59 Å². The van der Waals surface area contributed by atoms with Crippen molar-refractivity contribution in [1.29, 1.82) is 0 Å². The lowest BCUT2D eigenvalue weighted by Crippen LogP contribution is -2.45. The molecule has 1 heterocycles. The van der Waals surface area contributed by atoms with E-state index in [2.05, 4.69) is 52.1 Å². The predicted molar refractivity (Wildman–Crippen MR) is 115 cm³/mol. The molecule has 2 amide bonds. The van der Waals surface area contributed by atoms with Crippen molar-refractivity contribution in [2.45, 2.75) is 50.4 Å². The van der Waals surface area contributed by atoms with Crippen molar-refractivity contribution >= 4 is 45.7 Å². The molecule has 7 nitrogen and oxygen atoms in total. The maximum atomic E-state index is 12.0. The molecule has 0 bridgehead atoms. The van der Waals surface area contributed by atoms with Crippen molar-refractivity contribution in [2.24, 2.45) is 0 Å². The average Bonchev–Trinajstić information content (AvgIpc) is 3.12. The first-order valence-electron chi connectivity index (χ1n) is 9.29. The summed E-state index contributed by atoms with van der Waals surface area (Å²) in [6.45, 7) is 8.57. The van der Waals surface area contributed by atoms with E-state index in [1.54, 1.807) is 6.92 Å². The number of aromatic nitrogens is 2. The van der Waals surface area contributed by atoms with Crippen molar-refractivity contribution < 1.29 is 9.59 Å². The summed E-state index contributed by atoms with van der Waals surface area (Å²) in [6, 6.07) is 7.65. The smallest absolute Gasteiger partial charge is 0.242 e. The molecule has 9 heteroatoms. The van der Waals surface area contributed by atoms with Gasteiger partial charge >= 0.3 is 0 Å². The summed E-state index contributed by atoms with van der Waals surface area (Å²) in [7, 11) is 0. The molecular formula is C19H27N5O2S2. The van der Waals surface area contributed by atoms with Crippen LogP contribution in [0, 0.1) is 0 Å². The van der Waals surface area contributed by atoms with Crippen molar-refractivity contribution in [3.05, 3.63) is 29.8 Å². The molecule has 0 aliphatic rings. The Hall–Kier alpha value is -2.13. The normalized spacial score (nSPS) is 11.9. The highest BCUT2D eigenvalue weighted by Crippen LogP contribution is 2.28.